The lowest BCUT2D eigenvalue weighted by Crippen LogP contribution is -2.37. The van der Waals surface area contributed by atoms with Gasteiger partial charge in [-0.3, -0.25) is 0 Å². The van der Waals surface area contributed by atoms with Crippen LogP contribution in [0.25, 0.3) is 0 Å². The van der Waals surface area contributed by atoms with Crippen LogP contribution in [0.15, 0.2) is 36.4 Å². The molecule has 7 heteroatoms. The largest absolute Gasteiger partial charge is 0.381 e. The van der Waals surface area contributed by atoms with Crippen molar-refractivity contribution in [2.75, 3.05) is 53.2 Å². The number of nitrogens with two attached hydrogens (primary N) is 1. The van der Waals surface area contributed by atoms with Crippen molar-refractivity contribution in [1.82, 2.24) is 0 Å². The summed E-state index contributed by atoms with van der Waals surface area (Å²) in [5, 5.41) is 6.67. The molecule has 37 heavy (non-hydrogen) atoms. The molecule has 2 heterocycles. The van der Waals surface area contributed by atoms with Crippen LogP contribution in [-0.4, -0.2) is 44.8 Å². The van der Waals surface area contributed by atoms with Crippen molar-refractivity contribution in [1.29, 1.82) is 0 Å². The van der Waals surface area contributed by atoms with Gasteiger partial charge in [0.15, 0.2) is 0 Å². The predicted molar refractivity (Wildman–Crippen MR) is 155 cm³/mol. The van der Waals surface area contributed by atoms with Gasteiger partial charge in [0.05, 0.1) is 22.7 Å². The maximum atomic E-state index is 14.2. The fourth-order valence-corrected chi connectivity index (χ4v) is 5.31. The minimum absolute atomic E-state index is 0.116. The van der Waals surface area contributed by atoms with E-state index < -0.39 is 0 Å². The number of piperidine rings is 2. The zero-order valence-corrected chi connectivity index (χ0v) is 23.4. The molecule has 2 aliphatic heterocycles. The van der Waals surface area contributed by atoms with E-state index in [2.05, 4.69) is 55.1 Å². The minimum atomic E-state index is -0.142. The van der Waals surface area contributed by atoms with E-state index in [1.54, 1.807) is 18.2 Å². The van der Waals surface area contributed by atoms with Crippen LogP contribution in [0.2, 0.25) is 0 Å². The van der Waals surface area contributed by atoms with Crippen molar-refractivity contribution in [3.8, 4) is 0 Å². The second-order valence-electron chi connectivity index (χ2n) is 11.2. The first-order valence-electron chi connectivity index (χ1n) is 14.0. The Labute approximate surface area is 222 Å². The van der Waals surface area contributed by atoms with Gasteiger partial charge in [-0.1, -0.05) is 19.1 Å². The summed E-state index contributed by atoms with van der Waals surface area (Å²) in [6.07, 6.45) is 4.49. The zero-order valence-electron chi connectivity index (χ0n) is 23.4. The Kier molecular flexibility index (Phi) is 10.9. The van der Waals surface area contributed by atoms with Gasteiger partial charge in [-0.15, -0.1) is 0 Å². The molecule has 4 N–H and O–H groups in total. The van der Waals surface area contributed by atoms with Crippen LogP contribution < -0.4 is 26.2 Å². The van der Waals surface area contributed by atoms with Crippen LogP contribution in [-0.2, 0) is 0 Å². The molecule has 2 saturated heterocycles. The van der Waals surface area contributed by atoms with E-state index in [1.165, 1.54) is 12.5 Å². The Bertz CT molecular complexity index is 972. The third kappa shape index (κ3) is 8.22. The van der Waals surface area contributed by atoms with Gasteiger partial charge in [0, 0.05) is 38.3 Å². The van der Waals surface area contributed by atoms with E-state index >= 15 is 0 Å². The highest BCUT2D eigenvalue weighted by molar-refractivity contribution is 5.72. The lowest BCUT2D eigenvalue weighted by Gasteiger charge is -2.34. The number of nitrogens with one attached hydrogen (secondary N) is 2. The van der Waals surface area contributed by atoms with Gasteiger partial charge in [-0.05, 0) is 96.0 Å². The third-order valence-electron chi connectivity index (χ3n) is 7.10. The fraction of sp³-hybridized carbons (Fsp3) is 0.600. The number of benzene rings is 2. The first-order valence-corrected chi connectivity index (χ1v) is 14.0. The van der Waals surface area contributed by atoms with Gasteiger partial charge in [0.1, 0.15) is 11.6 Å². The van der Waals surface area contributed by atoms with Crippen LogP contribution in [0.5, 0.6) is 0 Å². The van der Waals surface area contributed by atoms with Gasteiger partial charge in [-0.25, -0.2) is 8.78 Å². The summed E-state index contributed by atoms with van der Waals surface area (Å²) < 4.78 is 28.3. The molecule has 2 aromatic rings. The molecule has 0 radical (unpaired) electrons. The molecule has 4 rings (SSSR count). The molecule has 2 aliphatic rings. The number of halogens is 2. The SMILES string of the molecule is CC(C)Nc1cccc(F)c1N1CCC(CN)CC1.CC1CCCN(c2c(F)cccc2NC(C)C)C1. The van der Waals surface area contributed by atoms with E-state index in [9.17, 15) is 8.78 Å². The molecule has 0 saturated carbocycles. The van der Waals surface area contributed by atoms with E-state index in [-0.39, 0.29) is 11.6 Å². The molecule has 0 aromatic heterocycles. The normalized spacial score (nSPS) is 18.6. The van der Waals surface area contributed by atoms with Crippen molar-refractivity contribution in [2.45, 2.75) is 72.4 Å². The number of hydrogen-bond acceptors (Lipinski definition) is 5. The summed E-state index contributed by atoms with van der Waals surface area (Å²) in [5.41, 5.74) is 8.98. The standard InChI is InChI=1S/C15H24FN3.C15H23FN2/c1-11(2)18-14-5-3-4-13(16)15(14)19-8-6-12(10-17)7-9-19;1-11(2)17-14-8-4-7-13(16)15(14)18-9-5-6-12(3)10-18/h3-5,11-12,18H,6-10,17H2,1-2H3;4,7-8,11-12,17H,5-6,9-10H2,1-3H3. The number of rotatable bonds is 7. The van der Waals surface area contributed by atoms with E-state index in [0.29, 0.717) is 29.6 Å². The van der Waals surface area contributed by atoms with Gasteiger partial charge in [0.2, 0.25) is 0 Å². The summed E-state index contributed by atoms with van der Waals surface area (Å²) in [5.74, 6) is 0.974. The second-order valence-corrected chi connectivity index (χ2v) is 11.2. The molecular weight excluding hydrogens is 468 g/mol. The Morgan fingerprint density at radius 1 is 0.811 bits per heavy atom. The highest BCUT2D eigenvalue weighted by Crippen LogP contribution is 2.34. The van der Waals surface area contributed by atoms with Crippen molar-refractivity contribution in [2.24, 2.45) is 17.6 Å². The molecule has 2 aromatic carbocycles. The van der Waals surface area contributed by atoms with Crippen LogP contribution in [0, 0.1) is 23.5 Å². The molecule has 0 spiro atoms. The molecule has 2 fully saturated rings. The molecule has 1 atom stereocenters. The molecule has 0 bridgehead atoms. The topological polar surface area (TPSA) is 56.6 Å². The smallest absolute Gasteiger partial charge is 0.148 e. The molecule has 5 nitrogen and oxygen atoms in total. The van der Waals surface area contributed by atoms with Gasteiger partial charge >= 0.3 is 0 Å². The van der Waals surface area contributed by atoms with Crippen molar-refractivity contribution >= 4 is 22.7 Å². The highest BCUT2D eigenvalue weighted by atomic mass is 19.1. The van der Waals surface area contributed by atoms with Crippen LogP contribution in [0.4, 0.5) is 31.5 Å². The maximum absolute atomic E-state index is 14.2. The number of nitrogens with zero attached hydrogens (tertiary/aromatic N) is 2. The van der Waals surface area contributed by atoms with Gasteiger partial charge in [-0.2, -0.15) is 0 Å². The maximum Gasteiger partial charge on any atom is 0.148 e. The van der Waals surface area contributed by atoms with Crippen LogP contribution >= 0.6 is 0 Å². The van der Waals surface area contributed by atoms with Crippen molar-refractivity contribution in [3.05, 3.63) is 48.0 Å². The number of hydrogen-bond donors (Lipinski definition) is 3. The summed E-state index contributed by atoms with van der Waals surface area (Å²) >= 11 is 0. The minimum Gasteiger partial charge on any atom is -0.381 e. The fourth-order valence-electron chi connectivity index (χ4n) is 5.31. The Balaban J connectivity index is 0.000000206. The van der Waals surface area contributed by atoms with Gasteiger partial charge < -0.3 is 26.2 Å². The first kappa shape index (κ1) is 29.0. The second kappa shape index (κ2) is 13.8. The molecule has 1 unspecified atom stereocenters. The quantitative estimate of drug-likeness (QED) is 0.383. The van der Waals surface area contributed by atoms with Crippen molar-refractivity contribution in [3.63, 3.8) is 0 Å². The monoisotopic (exact) mass is 515 g/mol. The predicted octanol–water partition coefficient (Wildman–Crippen LogP) is 6.70. The van der Waals surface area contributed by atoms with E-state index in [1.807, 2.05) is 12.1 Å². The van der Waals surface area contributed by atoms with Crippen LogP contribution in [0.3, 0.4) is 0 Å². The zero-order chi connectivity index (χ0) is 26.9. The molecule has 0 amide bonds. The Hall–Kier alpha value is -2.54. The van der Waals surface area contributed by atoms with Gasteiger partial charge in [0.25, 0.3) is 0 Å². The third-order valence-corrected chi connectivity index (χ3v) is 7.10. The van der Waals surface area contributed by atoms with Crippen LogP contribution in [0.1, 0.15) is 60.3 Å². The number of anilines is 4. The Morgan fingerprint density at radius 2 is 1.32 bits per heavy atom. The lowest BCUT2D eigenvalue weighted by atomic mass is 9.96. The molecule has 206 valence electrons. The summed E-state index contributed by atoms with van der Waals surface area (Å²) in [6.45, 7) is 14.9. The Morgan fingerprint density at radius 3 is 1.78 bits per heavy atom. The van der Waals surface area contributed by atoms with Crippen molar-refractivity contribution < 1.29 is 8.78 Å². The van der Waals surface area contributed by atoms with E-state index in [4.69, 9.17) is 5.73 Å². The average Bonchev–Trinajstić information content (AvgIpc) is 2.84. The highest BCUT2D eigenvalue weighted by Gasteiger charge is 2.23. The molecule has 0 aliphatic carbocycles. The summed E-state index contributed by atoms with van der Waals surface area (Å²) in [7, 11) is 0. The summed E-state index contributed by atoms with van der Waals surface area (Å²) in [4.78, 5) is 4.33. The van der Waals surface area contributed by atoms with E-state index in [0.717, 1.165) is 69.0 Å². The lowest BCUT2D eigenvalue weighted by molar-refractivity contribution is 0.412. The molecular formula is C30H47F2N5. The first-order chi connectivity index (χ1) is 17.7. The average molecular weight is 516 g/mol. The summed E-state index contributed by atoms with van der Waals surface area (Å²) in [6, 6.07) is 11.2. The number of para-hydroxylation sites is 2.